The molecule has 1 aromatic carbocycles. The Bertz CT molecular complexity index is 438. The molecule has 1 amide bonds. The molecule has 0 unspecified atom stereocenters. The number of likely N-dealkylation sites (tertiary alicyclic amines) is 1. The van der Waals surface area contributed by atoms with Crippen LogP contribution in [0.1, 0.15) is 36.8 Å². The normalized spacial score (nSPS) is 16.6. The van der Waals surface area contributed by atoms with Crippen molar-refractivity contribution >= 4 is 5.91 Å². The average molecular weight is 228 g/mol. The van der Waals surface area contributed by atoms with Crippen molar-refractivity contribution in [3.05, 3.63) is 35.4 Å². The third kappa shape index (κ3) is 2.47. The minimum absolute atomic E-state index is 0.110. The molecule has 0 spiro atoms. The zero-order valence-electron chi connectivity index (χ0n) is 10.0. The van der Waals surface area contributed by atoms with Crippen LogP contribution in [0.4, 0.5) is 0 Å². The standard InChI is InChI=1S/C14H16N2O/c1-11(14(17)16-8-2-3-9-16)13-6-4-12(10-15)5-7-13/h4-7,11H,2-3,8-9H2,1H3/t11-/m1/s1. The first-order chi connectivity index (χ1) is 8.22. The quantitative estimate of drug-likeness (QED) is 0.779. The zero-order chi connectivity index (χ0) is 12.3. The van der Waals surface area contributed by atoms with Crippen molar-refractivity contribution < 1.29 is 4.79 Å². The lowest BCUT2D eigenvalue weighted by Gasteiger charge is -2.20. The van der Waals surface area contributed by atoms with Crippen LogP contribution in [0, 0.1) is 11.3 Å². The van der Waals surface area contributed by atoms with Gasteiger partial charge >= 0.3 is 0 Å². The molecule has 1 aliphatic heterocycles. The summed E-state index contributed by atoms with van der Waals surface area (Å²) in [6.45, 7) is 3.71. The van der Waals surface area contributed by atoms with Crippen LogP contribution in [0.3, 0.4) is 0 Å². The number of carbonyl (C=O) groups is 1. The van der Waals surface area contributed by atoms with E-state index >= 15 is 0 Å². The van der Waals surface area contributed by atoms with E-state index in [2.05, 4.69) is 6.07 Å². The molecule has 0 bridgehead atoms. The summed E-state index contributed by atoms with van der Waals surface area (Å²) in [7, 11) is 0. The van der Waals surface area contributed by atoms with E-state index in [0.29, 0.717) is 5.56 Å². The highest BCUT2D eigenvalue weighted by atomic mass is 16.2. The highest BCUT2D eigenvalue weighted by molar-refractivity contribution is 5.83. The maximum atomic E-state index is 12.2. The van der Waals surface area contributed by atoms with Crippen molar-refractivity contribution in [3.63, 3.8) is 0 Å². The number of benzene rings is 1. The van der Waals surface area contributed by atoms with E-state index in [4.69, 9.17) is 5.26 Å². The molecule has 0 N–H and O–H groups in total. The van der Waals surface area contributed by atoms with Crippen LogP contribution < -0.4 is 0 Å². The van der Waals surface area contributed by atoms with Crippen LogP contribution in [-0.2, 0) is 4.79 Å². The Labute approximate surface area is 102 Å². The van der Waals surface area contributed by atoms with Gasteiger partial charge in [-0.05, 0) is 37.5 Å². The summed E-state index contributed by atoms with van der Waals surface area (Å²) in [5.41, 5.74) is 1.62. The molecule has 1 fully saturated rings. The van der Waals surface area contributed by atoms with E-state index in [0.717, 1.165) is 31.5 Å². The molecule has 2 rings (SSSR count). The number of amides is 1. The van der Waals surface area contributed by atoms with Gasteiger partial charge in [-0.1, -0.05) is 12.1 Å². The van der Waals surface area contributed by atoms with Crippen molar-refractivity contribution in [1.29, 1.82) is 5.26 Å². The van der Waals surface area contributed by atoms with E-state index in [9.17, 15) is 4.79 Å². The molecule has 0 aliphatic carbocycles. The summed E-state index contributed by atoms with van der Waals surface area (Å²) >= 11 is 0. The summed E-state index contributed by atoms with van der Waals surface area (Å²) in [5.74, 6) is 0.0908. The highest BCUT2D eigenvalue weighted by Crippen LogP contribution is 2.21. The van der Waals surface area contributed by atoms with Crippen LogP contribution in [0.5, 0.6) is 0 Å². The minimum atomic E-state index is -0.110. The molecule has 1 saturated heterocycles. The lowest BCUT2D eigenvalue weighted by Crippen LogP contribution is -2.31. The topological polar surface area (TPSA) is 44.1 Å². The molecule has 0 radical (unpaired) electrons. The number of hydrogen-bond donors (Lipinski definition) is 0. The molecule has 0 saturated carbocycles. The van der Waals surface area contributed by atoms with Gasteiger partial charge < -0.3 is 4.90 Å². The van der Waals surface area contributed by atoms with E-state index < -0.39 is 0 Å². The molecule has 17 heavy (non-hydrogen) atoms. The molecule has 3 nitrogen and oxygen atoms in total. The maximum absolute atomic E-state index is 12.2. The third-order valence-electron chi connectivity index (χ3n) is 3.33. The third-order valence-corrected chi connectivity index (χ3v) is 3.33. The predicted molar refractivity (Wildman–Crippen MR) is 65.4 cm³/mol. The van der Waals surface area contributed by atoms with Crippen molar-refractivity contribution in [3.8, 4) is 6.07 Å². The second-order valence-electron chi connectivity index (χ2n) is 4.49. The summed E-state index contributed by atoms with van der Waals surface area (Å²) in [4.78, 5) is 14.1. The predicted octanol–water partition coefficient (Wildman–Crippen LogP) is 2.28. The fourth-order valence-electron chi connectivity index (χ4n) is 2.20. The van der Waals surface area contributed by atoms with Crippen molar-refractivity contribution in [1.82, 2.24) is 4.90 Å². The summed E-state index contributed by atoms with van der Waals surface area (Å²) in [6, 6.07) is 9.36. The zero-order valence-corrected chi connectivity index (χ0v) is 10.0. The van der Waals surface area contributed by atoms with E-state index in [1.807, 2.05) is 24.0 Å². The van der Waals surface area contributed by atoms with E-state index in [1.54, 1.807) is 12.1 Å². The van der Waals surface area contributed by atoms with Gasteiger partial charge in [-0.25, -0.2) is 0 Å². The Morgan fingerprint density at radius 2 is 1.88 bits per heavy atom. The van der Waals surface area contributed by atoms with Gasteiger partial charge in [0.25, 0.3) is 0 Å². The van der Waals surface area contributed by atoms with E-state index in [1.165, 1.54) is 0 Å². The molecular weight excluding hydrogens is 212 g/mol. The van der Waals surface area contributed by atoms with Crippen LogP contribution in [-0.4, -0.2) is 23.9 Å². The van der Waals surface area contributed by atoms with Gasteiger partial charge in [0.2, 0.25) is 5.91 Å². The van der Waals surface area contributed by atoms with Crippen molar-refractivity contribution in [2.75, 3.05) is 13.1 Å². The Kier molecular flexibility index (Phi) is 3.43. The van der Waals surface area contributed by atoms with Crippen molar-refractivity contribution in [2.45, 2.75) is 25.7 Å². The SMILES string of the molecule is C[C@@H](C(=O)N1CCCC1)c1ccc(C#N)cc1. The smallest absolute Gasteiger partial charge is 0.229 e. The monoisotopic (exact) mass is 228 g/mol. The molecule has 1 aromatic rings. The number of nitriles is 1. The van der Waals surface area contributed by atoms with Gasteiger partial charge in [-0.3, -0.25) is 4.79 Å². The van der Waals surface area contributed by atoms with Crippen LogP contribution in [0.25, 0.3) is 0 Å². The van der Waals surface area contributed by atoms with Gasteiger partial charge in [-0.15, -0.1) is 0 Å². The highest BCUT2D eigenvalue weighted by Gasteiger charge is 2.24. The second kappa shape index (κ2) is 5.01. The molecule has 1 heterocycles. The lowest BCUT2D eigenvalue weighted by atomic mass is 9.99. The molecule has 1 aliphatic rings. The largest absolute Gasteiger partial charge is 0.342 e. The van der Waals surface area contributed by atoms with Gasteiger partial charge in [0, 0.05) is 13.1 Å². The van der Waals surface area contributed by atoms with Crippen LogP contribution >= 0.6 is 0 Å². The minimum Gasteiger partial charge on any atom is -0.342 e. The number of carbonyl (C=O) groups excluding carboxylic acids is 1. The first-order valence-electron chi connectivity index (χ1n) is 6.01. The molecule has 0 aromatic heterocycles. The van der Waals surface area contributed by atoms with E-state index in [-0.39, 0.29) is 11.8 Å². The second-order valence-corrected chi connectivity index (χ2v) is 4.49. The van der Waals surface area contributed by atoms with Gasteiger partial charge in [0.1, 0.15) is 0 Å². The Morgan fingerprint density at radius 3 is 2.41 bits per heavy atom. The van der Waals surface area contributed by atoms with Crippen LogP contribution in [0.2, 0.25) is 0 Å². The number of nitrogens with zero attached hydrogens (tertiary/aromatic N) is 2. The Hall–Kier alpha value is -1.82. The fourth-order valence-corrected chi connectivity index (χ4v) is 2.20. The van der Waals surface area contributed by atoms with Crippen molar-refractivity contribution in [2.24, 2.45) is 0 Å². The Morgan fingerprint density at radius 1 is 1.29 bits per heavy atom. The fraction of sp³-hybridized carbons (Fsp3) is 0.429. The van der Waals surface area contributed by atoms with Gasteiger partial charge in [-0.2, -0.15) is 5.26 Å². The van der Waals surface area contributed by atoms with Gasteiger partial charge in [0.15, 0.2) is 0 Å². The molecule has 3 heteroatoms. The average Bonchev–Trinajstić information content (AvgIpc) is 2.91. The number of rotatable bonds is 2. The Balaban J connectivity index is 2.10. The molecule has 88 valence electrons. The van der Waals surface area contributed by atoms with Gasteiger partial charge in [0.05, 0.1) is 17.6 Å². The van der Waals surface area contributed by atoms with Crippen LogP contribution in [0.15, 0.2) is 24.3 Å². The molecule has 1 atom stereocenters. The first-order valence-corrected chi connectivity index (χ1v) is 6.01. The molecular formula is C14H16N2O. The lowest BCUT2D eigenvalue weighted by molar-refractivity contribution is -0.131. The maximum Gasteiger partial charge on any atom is 0.229 e. The summed E-state index contributed by atoms with van der Waals surface area (Å²) < 4.78 is 0. The first kappa shape index (κ1) is 11.7. The number of hydrogen-bond acceptors (Lipinski definition) is 2. The summed E-state index contributed by atoms with van der Waals surface area (Å²) in [5, 5.41) is 8.72. The summed E-state index contributed by atoms with van der Waals surface area (Å²) in [6.07, 6.45) is 2.23.